The number of aromatic nitrogens is 2. The molecule has 1 aromatic carbocycles. The van der Waals surface area contributed by atoms with Gasteiger partial charge in [-0.2, -0.15) is 0 Å². The van der Waals surface area contributed by atoms with E-state index < -0.39 is 0 Å². The standard InChI is InChI=1S/C16H16N4O3S/c17-12-9-13(21)19-16(18-12)24-8-4-3-7-20-14(22)10-5-1-2-6-11(10)15(20)23/h1-2,5-6,9H,3-4,7-8H2,(H3,17,18,19,21). The Labute approximate surface area is 142 Å². The summed E-state index contributed by atoms with van der Waals surface area (Å²) in [5, 5.41) is 0.473. The molecule has 2 amide bonds. The number of nitrogens with zero attached hydrogens (tertiary/aromatic N) is 2. The van der Waals surface area contributed by atoms with Gasteiger partial charge in [0, 0.05) is 18.4 Å². The number of unbranched alkanes of at least 4 members (excludes halogenated alkanes) is 1. The van der Waals surface area contributed by atoms with Crippen molar-refractivity contribution in [2.24, 2.45) is 0 Å². The third kappa shape index (κ3) is 3.33. The topological polar surface area (TPSA) is 109 Å². The number of carbonyl (C=O) groups is 2. The largest absolute Gasteiger partial charge is 0.383 e. The van der Waals surface area contributed by atoms with E-state index in [0.717, 1.165) is 6.42 Å². The molecule has 0 aliphatic carbocycles. The number of rotatable bonds is 6. The smallest absolute Gasteiger partial charge is 0.261 e. The number of nitrogens with one attached hydrogen (secondary N) is 1. The summed E-state index contributed by atoms with van der Waals surface area (Å²) in [6, 6.07) is 8.08. The lowest BCUT2D eigenvalue weighted by atomic mass is 10.1. The molecular formula is C16H16N4O3S. The fourth-order valence-corrected chi connectivity index (χ4v) is 3.39. The molecule has 1 aliphatic rings. The molecule has 0 radical (unpaired) electrons. The Hall–Kier alpha value is -2.61. The van der Waals surface area contributed by atoms with Crippen LogP contribution in [-0.2, 0) is 0 Å². The van der Waals surface area contributed by atoms with E-state index in [1.54, 1.807) is 24.3 Å². The number of benzene rings is 1. The quantitative estimate of drug-likeness (QED) is 0.356. The van der Waals surface area contributed by atoms with Crippen LogP contribution in [0.2, 0.25) is 0 Å². The molecule has 0 spiro atoms. The number of nitrogen functional groups attached to an aromatic ring is 1. The molecule has 1 aliphatic heterocycles. The number of thioether (sulfide) groups is 1. The SMILES string of the molecule is Nc1cc(=O)[nH]c(SCCCCN2C(=O)c3ccccc3C2=O)n1. The Morgan fingerprint density at radius 1 is 1.08 bits per heavy atom. The summed E-state index contributed by atoms with van der Waals surface area (Å²) < 4.78 is 0. The van der Waals surface area contributed by atoms with Gasteiger partial charge in [0.05, 0.1) is 11.1 Å². The Kier molecular flexibility index (Phi) is 4.66. The lowest BCUT2D eigenvalue weighted by molar-refractivity contribution is 0.0652. The molecular weight excluding hydrogens is 328 g/mol. The Balaban J connectivity index is 1.48. The number of amides is 2. The number of H-pyrrole nitrogens is 1. The van der Waals surface area contributed by atoms with Crippen LogP contribution in [0.15, 0.2) is 40.3 Å². The molecule has 8 heteroatoms. The minimum atomic E-state index is -0.281. The highest BCUT2D eigenvalue weighted by atomic mass is 32.2. The van der Waals surface area contributed by atoms with E-state index in [4.69, 9.17) is 5.73 Å². The van der Waals surface area contributed by atoms with Crippen LogP contribution < -0.4 is 11.3 Å². The summed E-state index contributed by atoms with van der Waals surface area (Å²) in [6.45, 7) is 0.383. The zero-order chi connectivity index (χ0) is 17.1. The lowest BCUT2D eigenvalue weighted by Gasteiger charge is -2.13. The van der Waals surface area contributed by atoms with Gasteiger partial charge in [-0.25, -0.2) is 4.98 Å². The van der Waals surface area contributed by atoms with Gasteiger partial charge >= 0.3 is 0 Å². The van der Waals surface area contributed by atoms with Crippen molar-refractivity contribution >= 4 is 29.4 Å². The predicted molar refractivity (Wildman–Crippen MR) is 91.0 cm³/mol. The summed E-state index contributed by atoms with van der Waals surface area (Å²) in [7, 11) is 0. The van der Waals surface area contributed by atoms with E-state index in [1.807, 2.05) is 0 Å². The minimum absolute atomic E-state index is 0.187. The number of fused-ring (bicyclic) bond motifs is 1. The fourth-order valence-electron chi connectivity index (χ4n) is 2.50. The number of imide groups is 1. The average molecular weight is 344 g/mol. The Morgan fingerprint density at radius 3 is 2.38 bits per heavy atom. The average Bonchev–Trinajstić information content (AvgIpc) is 2.79. The number of aromatic amines is 1. The molecule has 0 atom stereocenters. The second kappa shape index (κ2) is 6.88. The summed E-state index contributed by atoms with van der Waals surface area (Å²) in [6.07, 6.45) is 1.46. The molecule has 124 valence electrons. The Bertz CT molecular complexity index is 814. The van der Waals surface area contributed by atoms with Crippen LogP contribution in [0.25, 0.3) is 0 Å². The van der Waals surface area contributed by atoms with Gasteiger partial charge in [-0.1, -0.05) is 23.9 Å². The highest BCUT2D eigenvalue weighted by Crippen LogP contribution is 2.23. The van der Waals surface area contributed by atoms with Crippen molar-refractivity contribution in [3.8, 4) is 0 Å². The first-order chi connectivity index (χ1) is 11.6. The zero-order valence-corrected chi connectivity index (χ0v) is 13.6. The summed E-state index contributed by atoms with van der Waals surface area (Å²) >= 11 is 1.39. The van der Waals surface area contributed by atoms with Crippen molar-refractivity contribution < 1.29 is 9.59 Å². The monoisotopic (exact) mass is 344 g/mol. The third-order valence-corrected chi connectivity index (χ3v) is 4.59. The van der Waals surface area contributed by atoms with Crippen LogP contribution in [0.5, 0.6) is 0 Å². The van der Waals surface area contributed by atoms with Crippen LogP contribution in [0.3, 0.4) is 0 Å². The van der Waals surface area contributed by atoms with Crippen molar-refractivity contribution in [1.29, 1.82) is 0 Å². The predicted octanol–water partition coefficient (Wildman–Crippen LogP) is 1.52. The number of hydrogen-bond acceptors (Lipinski definition) is 6. The maximum atomic E-state index is 12.2. The molecule has 3 rings (SSSR count). The highest BCUT2D eigenvalue weighted by molar-refractivity contribution is 7.99. The van der Waals surface area contributed by atoms with Crippen molar-refractivity contribution in [3.05, 3.63) is 51.8 Å². The van der Waals surface area contributed by atoms with Crippen molar-refractivity contribution in [1.82, 2.24) is 14.9 Å². The number of nitrogens with two attached hydrogens (primary N) is 1. The van der Waals surface area contributed by atoms with E-state index >= 15 is 0 Å². The number of carbonyl (C=O) groups excluding carboxylic acids is 2. The molecule has 24 heavy (non-hydrogen) atoms. The molecule has 2 aromatic rings. The normalized spacial score (nSPS) is 13.4. The molecule has 7 nitrogen and oxygen atoms in total. The number of anilines is 1. The summed E-state index contributed by atoms with van der Waals surface area (Å²) in [4.78, 5) is 43.6. The van der Waals surface area contributed by atoms with E-state index in [2.05, 4.69) is 9.97 Å². The minimum Gasteiger partial charge on any atom is -0.383 e. The van der Waals surface area contributed by atoms with Crippen LogP contribution >= 0.6 is 11.8 Å². The molecule has 0 fully saturated rings. The van der Waals surface area contributed by atoms with Crippen LogP contribution in [-0.4, -0.2) is 39.0 Å². The van der Waals surface area contributed by atoms with Gasteiger partial charge in [-0.3, -0.25) is 19.3 Å². The van der Waals surface area contributed by atoms with Gasteiger partial charge < -0.3 is 10.7 Å². The van der Waals surface area contributed by atoms with E-state index in [1.165, 1.54) is 22.7 Å². The molecule has 0 saturated carbocycles. The molecule has 0 saturated heterocycles. The second-order valence-corrected chi connectivity index (χ2v) is 6.42. The van der Waals surface area contributed by atoms with Crippen molar-refractivity contribution in [2.45, 2.75) is 18.0 Å². The number of hydrogen-bond donors (Lipinski definition) is 2. The van der Waals surface area contributed by atoms with Crippen LogP contribution in [0.4, 0.5) is 5.82 Å². The maximum absolute atomic E-state index is 12.2. The third-order valence-electron chi connectivity index (χ3n) is 3.63. The highest BCUT2D eigenvalue weighted by Gasteiger charge is 2.34. The first kappa shape index (κ1) is 16.3. The van der Waals surface area contributed by atoms with Gasteiger partial charge in [0.25, 0.3) is 17.4 Å². The lowest BCUT2D eigenvalue weighted by Crippen LogP contribution is -2.30. The van der Waals surface area contributed by atoms with E-state index in [0.29, 0.717) is 35.0 Å². The molecule has 3 N–H and O–H groups in total. The maximum Gasteiger partial charge on any atom is 0.261 e. The fraction of sp³-hybridized carbons (Fsp3) is 0.250. The van der Waals surface area contributed by atoms with Gasteiger partial charge in [0.15, 0.2) is 5.16 Å². The van der Waals surface area contributed by atoms with Crippen molar-refractivity contribution in [3.63, 3.8) is 0 Å². The molecule has 1 aromatic heterocycles. The van der Waals surface area contributed by atoms with Gasteiger partial charge in [-0.05, 0) is 25.0 Å². The van der Waals surface area contributed by atoms with Gasteiger partial charge in [-0.15, -0.1) is 0 Å². The van der Waals surface area contributed by atoms with Crippen LogP contribution in [0, 0.1) is 0 Å². The molecule has 2 heterocycles. The van der Waals surface area contributed by atoms with E-state index in [9.17, 15) is 14.4 Å². The van der Waals surface area contributed by atoms with E-state index in [-0.39, 0.29) is 23.2 Å². The van der Waals surface area contributed by atoms with Crippen molar-refractivity contribution in [2.75, 3.05) is 18.0 Å². The van der Waals surface area contributed by atoms with Gasteiger partial charge in [0.1, 0.15) is 5.82 Å². The first-order valence-corrected chi connectivity index (χ1v) is 8.49. The van der Waals surface area contributed by atoms with Crippen LogP contribution in [0.1, 0.15) is 33.6 Å². The first-order valence-electron chi connectivity index (χ1n) is 7.51. The Morgan fingerprint density at radius 2 is 1.75 bits per heavy atom. The zero-order valence-electron chi connectivity index (χ0n) is 12.8. The summed E-state index contributed by atoms with van der Waals surface area (Å²) in [5.41, 5.74) is 6.18. The molecule has 0 bridgehead atoms. The molecule has 0 unspecified atom stereocenters. The summed E-state index contributed by atoms with van der Waals surface area (Å²) in [5.74, 6) is 0.428. The second-order valence-electron chi connectivity index (χ2n) is 5.34. The van der Waals surface area contributed by atoms with Gasteiger partial charge in [0.2, 0.25) is 0 Å².